The van der Waals surface area contributed by atoms with Crippen molar-refractivity contribution in [3.8, 4) is 28.3 Å². The number of ether oxygens (including phenoxy) is 2. The molecule has 5 nitrogen and oxygen atoms in total. The molecule has 2 aromatic carbocycles. The second-order valence-corrected chi connectivity index (χ2v) is 6.84. The molecule has 3 heterocycles. The Bertz CT molecular complexity index is 1050. The van der Waals surface area contributed by atoms with Crippen LogP contribution in [-0.4, -0.2) is 29.0 Å². The van der Waals surface area contributed by atoms with Crippen molar-refractivity contribution in [1.29, 1.82) is 0 Å². The van der Waals surface area contributed by atoms with Gasteiger partial charge in [-0.2, -0.15) is 5.10 Å². The van der Waals surface area contributed by atoms with Gasteiger partial charge in [-0.25, -0.2) is 4.79 Å². The number of rotatable bonds is 3. The van der Waals surface area contributed by atoms with E-state index in [1.807, 2.05) is 35.9 Å². The first-order valence-electron chi connectivity index (χ1n) is 9.38. The standard InChI is InChI=1S/C22H20N2O3/c1-2-26-22(25)19-20(16-7-8-18-15(13-16)10-12-27-18)23-24-11-9-14-5-3-4-6-17(14)21(19)24/h3-8,13H,2,9-12H2,1H3. The Morgan fingerprint density at radius 1 is 1.19 bits per heavy atom. The number of nitrogens with zero attached hydrogens (tertiary/aromatic N) is 2. The molecule has 0 unspecified atom stereocenters. The molecule has 5 heteroatoms. The van der Waals surface area contributed by atoms with Gasteiger partial charge >= 0.3 is 5.97 Å². The molecule has 0 N–H and O–H groups in total. The number of aromatic nitrogens is 2. The highest BCUT2D eigenvalue weighted by atomic mass is 16.5. The highest BCUT2D eigenvalue weighted by Gasteiger charge is 2.30. The van der Waals surface area contributed by atoms with E-state index < -0.39 is 0 Å². The fourth-order valence-corrected chi connectivity index (χ4v) is 4.03. The van der Waals surface area contributed by atoms with Crippen molar-refractivity contribution < 1.29 is 14.3 Å². The molecule has 27 heavy (non-hydrogen) atoms. The van der Waals surface area contributed by atoms with Gasteiger partial charge < -0.3 is 9.47 Å². The zero-order valence-electron chi connectivity index (χ0n) is 15.2. The van der Waals surface area contributed by atoms with Crippen LogP contribution in [-0.2, 0) is 24.1 Å². The van der Waals surface area contributed by atoms with Crippen LogP contribution in [0.15, 0.2) is 42.5 Å². The third-order valence-corrected chi connectivity index (χ3v) is 5.26. The normalized spacial score (nSPS) is 14.1. The molecule has 0 radical (unpaired) electrons. The zero-order chi connectivity index (χ0) is 18.4. The Morgan fingerprint density at radius 3 is 2.96 bits per heavy atom. The maximum absolute atomic E-state index is 12.9. The van der Waals surface area contributed by atoms with E-state index in [0.717, 1.165) is 47.5 Å². The Kier molecular flexibility index (Phi) is 3.74. The lowest BCUT2D eigenvalue weighted by Crippen LogP contribution is -2.14. The van der Waals surface area contributed by atoms with Gasteiger partial charge in [0.1, 0.15) is 17.0 Å². The van der Waals surface area contributed by atoms with Crippen molar-refractivity contribution in [3.63, 3.8) is 0 Å². The molecule has 0 saturated heterocycles. The topological polar surface area (TPSA) is 53.4 Å². The quantitative estimate of drug-likeness (QED) is 0.665. The van der Waals surface area contributed by atoms with Crippen LogP contribution in [0.4, 0.5) is 0 Å². The lowest BCUT2D eigenvalue weighted by Gasteiger charge is -2.18. The molecule has 0 fully saturated rings. The number of aryl methyl sites for hydroxylation is 2. The molecule has 3 aromatic rings. The molecular formula is C22H20N2O3. The van der Waals surface area contributed by atoms with E-state index in [2.05, 4.69) is 18.2 Å². The molecule has 5 rings (SSSR count). The summed E-state index contributed by atoms with van der Waals surface area (Å²) in [5.74, 6) is 0.605. The number of carbonyl (C=O) groups is 1. The SMILES string of the molecule is CCOC(=O)c1c(-c2ccc3c(c2)CCO3)nn2c1-c1ccccc1CC2. The van der Waals surface area contributed by atoms with Crippen LogP contribution in [0.1, 0.15) is 28.4 Å². The lowest BCUT2D eigenvalue weighted by atomic mass is 9.94. The molecule has 136 valence electrons. The van der Waals surface area contributed by atoms with Gasteiger partial charge in [0.2, 0.25) is 0 Å². The summed E-state index contributed by atoms with van der Waals surface area (Å²) in [5, 5.41) is 4.82. The smallest absolute Gasteiger partial charge is 0.342 e. The summed E-state index contributed by atoms with van der Waals surface area (Å²) in [6, 6.07) is 14.3. The van der Waals surface area contributed by atoms with Crippen LogP contribution in [0.5, 0.6) is 5.75 Å². The van der Waals surface area contributed by atoms with Gasteiger partial charge in [0.15, 0.2) is 0 Å². The van der Waals surface area contributed by atoms with Crippen molar-refractivity contribution in [3.05, 3.63) is 59.2 Å². The summed E-state index contributed by atoms with van der Waals surface area (Å²) < 4.78 is 13.0. The Balaban J connectivity index is 1.73. The number of carbonyl (C=O) groups excluding carboxylic acids is 1. The first-order valence-corrected chi connectivity index (χ1v) is 9.38. The number of benzene rings is 2. The second kappa shape index (κ2) is 6.27. The average Bonchev–Trinajstić information content (AvgIpc) is 3.32. The predicted octanol–water partition coefficient (Wildman–Crippen LogP) is 3.88. The Morgan fingerprint density at radius 2 is 2.07 bits per heavy atom. The highest BCUT2D eigenvalue weighted by molar-refractivity contribution is 6.03. The highest BCUT2D eigenvalue weighted by Crippen LogP contribution is 2.39. The van der Waals surface area contributed by atoms with E-state index in [9.17, 15) is 4.79 Å². The minimum Gasteiger partial charge on any atom is -0.493 e. The average molecular weight is 360 g/mol. The van der Waals surface area contributed by atoms with E-state index in [1.54, 1.807) is 0 Å². The lowest BCUT2D eigenvalue weighted by molar-refractivity contribution is 0.0528. The molecule has 2 aliphatic rings. The zero-order valence-corrected chi connectivity index (χ0v) is 15.2. The third kappa shape index (κ3) is 2.53. The van der Waals surface area contributed by atoms with Crippen molar-refractivity contribution >= 4 is 5.97 Å². The van der Waals surface area contributed by atoms with Crippen LogP contribution >= 0.6 is 0 Å². The monoisotopic (exact) mass is 360 g/mol. The molecule has 0 amide bonds. The molecule has 0 bridgehead atoms. The maximum atomic E-state index is 12.9. The second-order valence-electron chi connectivity index (χ2n) is 6.84. The number of esters is 1. The molecule has 2 aliphatic heterocycles. The van der Waals surface area contributed by atoms with E-state index in [1.165, 1.54) is 5.56 Å². The van der Waals surface area contributed by atoms with Crippen LogP contribution in [0, 0.1) is 0 Å². The summed E-state index contributed by atoms with van der Waals surface area (Å²) in [4.78, 5) is 12.9. The summed E-state index contributed by atoms with van der Waals surface area (Å²) in [5.41, 5.74) is 6.51. The Hall–Kier alpha value is -3.08. The summed E-state index contributed by atoms with van der Waals surface area (Å²) >= 11 is 0. The van der Waals surface area contributed by atoms with Crippen molar-refractivity contribution in [1.82, 2.24) is 9.78 Å². The predicted molar refractivity (Wildman–Crippen MR) is 102 cm³/mol. The van der Waals surface area contributed by atoms with Gasteiger partial charge in [0.25, 0.3) is 0 Å². The van der Waals surface area contributed by atoms with Crippen LogP contribution < -0.4 is 4.74 Å². The number of hydrogen-bond acceptors (Lipinski definition) is 4. The minimum atomic E-state index is -0.317. The minimum absolute atomic E-state index is 0.317. The number of fused-ring (bicyclic) bond motifs is 4. The van der Waals surface area contributed by atoms with E-state index in [0.29, 0.717) is 24.5 Å². The summed E-state index contributed by atoms with van der Waals surface area (Å²) in [7, 11) is 0. The number of hydrogen-bond donors (Lipinski definition) is 0. The van der Waals surface area contributed by atoms with E-state index in [4.69, 9.17) is 14.6 Å². The first-order chi connectivity index (χ1) is 13.3. The third-order valence-electron chi connectivity index (χ3n) is 5.26. The molecular weight excluding hydrogens is 340 g/mol. The van der Waals surface area contributed by atoms with E-state index in [-0.39, 0.29) is 5.97 Å². The summed E-state index contributed by atoms with van der Waals surface area (Å²) in [6.45, 7) is 3.63. The van der Waals surface area contributed by atoms with Gasteiger partial charge in [-0.05, 0) is 42.7 Å². The molecule has 1 aromatic heterocycles. The largest absolute Gasteiger partial charge is 0.493 e. The molecule has 0 atom stereocenters. The van der Waals surface area contributed by atoms with Crippen molar-refractivity contribution in [2.24, 2.45) is 0 Å². The van der Waals surface area contributed by atoms with E-state index >= 15 is 0 Å². The molecule has 0 saturated carbocycles. The van der Waals surface area contributed by atoms with Crippen LogP contribution in [0.3, 0.4) is 0 Å². The molecule has 0 aliphatic carbocycles. The maximum Gasteiger partial charge on any atom is 0.342 e. The first kappa shape index (κ1) is 16.1. The van der Waals surface area contributed by atoms with Gasteiger partial charge in [-0.3, -0.25) is 4.68 Å². The van der Waals surface area contributed by atoms with Gasteiger partial charge in [-0.1, -0.05) is 24.3 Å². The van der Waals surface area contributed by atoms with Gasteiger partial charge in [0, 0.05) is 24.1 Å². The van der Waals surface area contributed by atoms with Gasteiger partial charge in [0.05, 0.1) is 18.9 Å². The summed E-state index contributed by atoms with van der Waals surface area (Å²) in [6.07, 6.45) is 1.79. The van der Waals surface area contributed by atoms with Gasteiger partial charge in [-0.15, -0.1) is 0 Å². The van der Waals surface area contributed by atoms with Crippen molar-refractivity contribution in [2.75, 3.05) is 13.2 Å². The fraction of sp³-hybridized carbons (Fsp3) is 0.273. The Labute approximate surface area is 157 Å². The van der Waals surface area contributed by atoms with Crippen molar-refractivity contribution in [2.45, 2.75) is 26.3 Å². The van der Waals surface area contributed by atoms with Crippen LogP contribution in [0.25, 0.3) is 22.5 Å². The fourth-order valence-electron chi connectivity index (χ4n) is 4.03. The van der Waals surface area contributed by atoms with Crippen LogP contribution in [0.2, 0.25) is 0 Å². The molecule has 0 spiro atoms.